The van der Waals surface area contributed by atoms with Crippen molar-refractivity contribution in [3.8, 4) is 0 Å². The van der Waals surface area contributed by atoms with E-state index in [0.717, 1.165) is 44.6 Å². The molecule has 0 bridgehead atoms. The summed E-state index contributed by atoms with van der Waals surface area (Å²) < 4.78 is 10.2. The molecule has 0 aromatic heterocycles. The van der Waals surface area contributed by atoms with E-state index < -0.39 is 0 Å². The van der Waals surface area contributed by atoms with E-state index in [0.29, 0.717) is 19.6 Å². The van der Waals surface area contributed by atoms with Crippen LogP contribution in [0.25, 0.3) is 0 Å². The van der Waals surface area contributed by atoms with Crippen LogP contribution in [0.3, 0.4) is 0 Å². The van der Waals surface area contributed by atoms with Crippen molar-refractivity contribution < 1.29 is 14.3 Å². The van der Waals surface area contributed by atoms with Crippen molar-refractivity contribution in [2.45, 2.75) is 32.1 Å². The highest BCUT2D eigenvalue weighted by molar-refractivity contribution is 7.80. The molecule has 106 valence electrons. The van der Waals surface area contributed by atoms with Crippen molar-refractivity contribution in [2.24, 2.45) is 5.41 Å². The first-order chi connectivity index (χ1) is 8.72. The number of carbonyl (C=O) groups excluding carboxylic acids is 1. The molecule has 1 saturated carbocycles. The van der Waals surface area contributed by atoms with Gasteiger partial charge in [0.2, 0.25) is 5.91 Å². The number of hydrogen-bond acceptors (Lipinski definition) is 4. The van der Waals surface area contributed by atoms with E-state index in [1.807, 2.05) is 0 Å². The standard InChI is InChI=1S/C13H25NO3S/c1-16-8-9-17-7-3-2-6-14-12(15)10-13(11-18)4-5-13/h18H,2-11H2,1H3,(H,14,15). The van der Waals surface area contributed by atoms with Gasteiger partial charge in [0.15, 0.2) is 0 Å². The molecular weight excluding hydrogens is 250 g/mol. The molecule has 0 unspecified atom stereocenters. The maximum absolute atomic E-state index is 11.6. The average molecular weight is 275 g/mol. The predicted molar refractivity (Wildman–Crippen MR) is 75.1 cm³/mol. The minimum absolute atomic E-state index is 0.168. The maximum Gasteiger partial charge on any atom is 0.220 e. The fourth-order valence-electron chi connectivity index (χ4n) is 1.77. The number of unbranched alkanes of at least 4 members (excludes halogenated alkanes) is 1. The Bertz CT molecular complexity index is 244. The summed E-state index contributed by atoms with van der Waals surface area (Å²) in [7, 11) is 1.66. The molecule has 0 spiro atoms. The molecule has 1 amide bonds. The van der Waals surface area contributed by atoms with Gasteiger partial charge in [0, 0.05) is 26.7 Å². The second kappa shape index (κ2) is 8.77. The Labute approximate surface area is 115 Å². The average Bonchev–Trinajstić information content (AvgIpc) is 3.13. The van der Waals surface area contributed by atoms with E-state index in [1.165, 1.54) is 0 Å². The van der Waals surface area contributed by atoms with E-state index in [4.69, 9.17) is 9.47 Å². The summed E-state index contributed by atoms with van der Waals surface area (Å²) in [6.07, 6.45) is 4.88. The molecule has 1 aliphatic carbocycles. The lowest BCUT2D eigenvalue weighted by molar-refractivity contribution is -0.122. The molecule has 0 saturated heterocycles. The lowest BCUT2D eigenvalue weighted by Gasteiger charge is -2.11. The van der Waals surface area contributed by atoms with Crippen molar-refractivity contribution in [3.63, 3.8) is 0 Å². The van der Waals surface area contributed by atoms with Gasteiger partial charge in [-0.05, 0) is 36.9 Å². The zero-order chi connectivity index (χ0) is 13.3. The number of rotatable bonds is 11. The van der Waals surface area contributed by atoms with Crippen LogP contribution in [0.4, 0.5) is 0 Å². The molecule has 0 radical (unpaired) electrons. The van der Waals surface area contributed by atoms with Crippen molar-refractivity contribution in [3.05, 3.63) is 0 Å². The molecule has 0 heterocycles. The van der Waals surface area contributed by atoms with Crippen molar-refractivity contribution >= 4 is 18.5 Å². The first-order valence-electron chi connectivity index (χ1n) is 6.67. The minimum Gasteiger partial charge on any atom is -0.382 e. The Balaban J connectivity index is 1.87. The summed E-state index contributed by atoms with van der Waals surface area (Å²) >= 11 is 4.30. The van der Waals surface area contributed by atoms with Crippen molar-refractivity contribution in [1.82, 2.24) is 5.32 Å². The van der Waals surface area contributed by atoms with Crippen LogP contribution < -0.4 is 5.32 Å². The van der Waals surface area contributed by atoms with Crippen molar-refractivity contribution in [2.75, 3.05) is 39.2 Å². The van der Waals surface area contributed by atoms with E-state index in [-0.39, 0.29) is 11.3 Å². The SMILES string of the molecule is COCCOCCCCNC(=O)CC1(CS)CC1. The van der Waals surface area contributed by atoms with Crippen LogP contribution in [0, 0.1) is 5.41 Å². The molecule has 1 N–H and O–H groups in total. The zero-order valence-electron chi connectivity index (χ0n) is 11.2. The molecule has 1 fully saturated rings. The molecule has 0 aliphatic heterocycles. The molecule has 1 rings (SSSR count). The number of thiol groups is 1. The predicted octanol–water partition coefficient (Wildman–Crippen LogP) is 1.65. The van der Waals surface area contributed by atoms with Gasteiger partial charge in [0.25, 0.3) is 0 Å². The lowest BCUT2D eigenvalue weighted by atomic mass is 10.1. The normalized spacial score (nSPS) is 16.6. The molecule has 1 aliphatic rings. The summed E-state index contributed by atoms with van der Waals surface area (Å²) in [6, 6.07) is 0. The second-order valence-corrected chi connectivity index (χ2v) is 5.31. The van der Waals surface area contributed by atoms with Gasteiger partial charge in [0.1, 0.15) is 0 Å². The highest BCUT2D eigenvalue weighted by Gasteiger charge is 2.42. The van der Waals surface area contributed by atoms with Gasteiger partial charge in [-0.1, -0.05) is 0 Å². The first-order valence-corrected chi connectivity index (χ1v) is 7.30. The third-order valence-electron chi connectivity index (χ3n) is 3.30. The Kier molecular flexibility index (Phi) is 7.70. The molecule has 4 nitrogen and oxygen atoms in total. The van der Waals surface area contributed by atoms with Gasteiger partial charge in [-0.3, -0.25) is 4.79 Å². The number of hydrogen-bond donors (Lipinski definition) is 2. The van der Waals surface area contributed by atoms with Crippen LogP contribution in [0.2, 0.25) is 0 Å². The highest BCUT2D eigenvalue weighted by Crippen LogP contribution is 2.49. The fourth-order valence-corrected chi connectivity index (χ4v) is 2.20. The lowest BCUT2D eigenvalue weighted by Crippen LogP contribution is -2.27. The van der Waals surface area contributed by atoms with Gasteiger partial charge in [-0.2, -0.15) is 12.6 Å². The van der Waals surface area contributed by atoms with Gasteiger partial charge in [-0.15, -0.1) is 0 Å². The van der Waals surface area contributed by atoms with Crippen LogP contribution >= 0.6 is 12.6 Å². The molecule has 5 heteroatoms. The summed E-state index contributed by atoms with van der Waals surface area (Å²) in [5.41, 5.74) is 0.219. The topological polar surface area (TPSA) is 47.6 Å². The quantitative estimate of drug-likeness (QED) is 0.445. The summed E-state index contributed by atoms with van der Waals surface area (Å²) in [4.78, 5) is 11.6. The van der Waals surface area contributed by atoms with Crippen LogP contribution in [-0.4, -0.2) is 45.1 Å². The van der Waals surface area contributed by atoms with Crippen LogP contribution in [-0.2, 0) is 14.3 Å². The van der Waals surface area contributed by atoms with Crippen LogP contribution in [0.15, 0.2) is 0 Å². The maximum atomic E-state index is 11.6. The number of methoxy groups -OCH3 is 1. The number of amides is 1. The third-order valence-corrected chi connectivity index (χ3v) is 3.97. The summed E-state index contributed by atoms with van der Waals surface area (Å²) in [5, 5.41) is 2.96. The zero-order valence-corrected chi connectivity index (χ0v) is 12.1. The third kappa shape index (κ3) is 6.61. The van der Waals surface area contributed by atoms with E-state index in [2.05, 4.69) is 17.9 Å². The first kappa shape index (κ1) is 15.8. The van der Waals surface area contributed by atoms with E-state index in [9.17, 15) is 4.79 Å². The Hall–Kier alpha value is -0.260. The van der Waals surface area contributed by atoms with E-state index in [1.54, 1.807) is 7.11 Å². The number of nitrogens with one attached hydrogen (secondary N) is 1. The Morgan fingerprint density at radius 1 is 1.28 bits per heavy atom. The number of ether oxygens (including phenoxy) is 2. The van der Waals surface area contributed by atoms with Gasteiger partial charge >= 0.3 is 0 Å². The van der Waals surface area contributed by atoms with Crippen molar-refractivity contribution in [1.29, 1.82) is 0 Å². The Morgan fingerprint density at radius 3 is 2.67 bits per heavy atom. The highest BCUT2D eigenvalue weighted by atomic mass is 32.1. The monoisotopic (exact) mass is 275 g/mol. The summed E-state index contributed by atoms with van der Waals surface area (Å²) in [6.45, 7) is 2.77. The minimum atomic E-state index is 0.168. The van der Waals surface area contributed by atoms with Crippen LogP contribution in [0.5, 0.6) is 0 Å². The Morgan fingerprint density at radius 2 is 2.06 bits per heavy atom. The van der Waals surface area contributed by atoms with Crippen LogP contribution in [0.1, 0.15) is 32.1 Å². The molecule has 0 aromatic carbocycles. The molecular formula is C13H25NO3S. The smallest absolute Gasteiger partial charge is 0.220 e. The second-order valence-electron chi connectivity index (χ2n) is 5.00. The molecule has 18 heavy (non-hydrogen) atoms. The van der Waals surface area contributed by atoms with Gasteiger partial charge < -0.3 is 14.8 Å². The summed E-state index contributed by atoms with van der Waals surface area (Å²) in [5.74, 6) is 0.996. The fraction of sp³-hybridized carbons (Fsp3) is 0.923. The largest absolute Gasteiger partial charge is 0.382 e. The van der Waals surface area contributed by atoms with E-state index >= 15 is 0 Å². The molecule has 0 atom stereocenters. The molecule has 0 aromatic rings. The van der Waals surface area contributed by atoms with Gasteiger partial charge in [0.05, 0.1) is 13.2 Å². The van der Waals surface area contributed by atoms with Gasteiger partial charge in [-0.25, -0.2) is 0 Å². The number of carbonyl (C=O) groups is 1.